The van der Waals surface area contributed by atoms with Crippen LogP contribution in [-0.4, -0.2) is 9.97 Å². The van der Waals surface area contributed by atoms with Gasteiger partial charge in [0.05, 0.1) is 17.1 Å². The van der Waals surface area contributed by atoms with E-state index in [9.17, 15) is 0 Å². The van der Waals surface area contributed by atoms with E-state index in [1.165, 1.54) is 39.0 Å². The van der Waals surface area contributed by atoms with Gasteiger partial charge in [0, 0.05) is 45.1 Å². The Morgan fingerprint density at radius 3 is 1.75 bits per heavy atom. The van der Waals surface area contributed by atoms with E-state index in [0.717, 1.165) is 50.6 Å². The predicted molar refractivity (Wildman–Crippen MR) is 222 cm³/mol. The van der Waals surface area contributed by atoms with Crippen LogP contribution in [-0.2, 0) is 5.41 Å². The summed E-state index contributed by atoms with van der Waals surface area (Å²) >= 11 is 0. The maximum absolute atomic E-state index is 5.16. The number of allylic oxidation sites excluding steroid dienone is 4. The van der Waals surface area contributed by atoms with Crippen molar-refractivity contribution in [2.75, 3.05) is 4.90 Å². The smallest absolute Gasteiger partial charge is 0.160 e. The Kier molecular flexibility index (Phi) is 7.86. The van der Waals surface area contributed by atoms with Gasteiger partial charge in [0.25, 0.3) is 0 Å². The van der Waals surface area contributed by atoms with Gasteiger partial charge in [-0.25, -0.2) is 9.97 Å². The number of nitrogens with zero attached hydrogens (tertiary/aromatic N) is 3. The fourth-order valence-corrected chi connectivity index (χ4v) is 7.73. The zero-order valence-corrected chi connectivity index (χ0v) is 30.2. The summed E-state index contributed by atoms with van der Waals surface area (Å²) in [5.41, 5.74) is 17.4. The molecule has 2 heterocycles. The van der Waals surface area contributed by atoms with Gasteiger partial charge in [0.2, 0.25) is 0 Å². The first-order chi connectivity index (χ1) is 25.8. The van der Waals surface area contributed by atoms with Gasteiger partial charge in [0.15, 0.2) is 5.82 Å². The summed E-state index contributed by atoms with van der Waals surface area (Å²) in [7, 11) is 0. The average molecular weight is 682 g/mol. The van der Waals surface area contributed by atoms with Gasteiger partial charge in [-0.2, -0.15) is 0 Å². The zero-order chi connectivity index (χ0) is 36.1. The summed E-state index contributed by atoms with van der Waals surface area (Å²) in [6.07, 6.45) is 4.64. The number of anilines is 2. The van der Waals surface area contributed by atoms with Crippen molar-refractivity contribution in [3.8, 4) is 45.0 Å². The molecule has 7 aromatic rings. The second kappa shape index (κ2) is 12.9. The Hall–Kier alpha value is -6.58. The molecule has 1 aromatic heterocycles. The molecule has 254 valence electrons. The Morgan fingerprint density at radius 1 is 0.547 bits per heavy atom. The van der Waals surface area contributed by atoms with Crippen molar-refractivity contribution in [3.05, 3.63) is 204 Å². The van der Waals surface area contributed by atoms with Crippen LogP contribution in [0.15, 0.2) is 182 Å². The molecule has 0 unspecified atom stereocenters. The standard InChI is InChI=1S/C50H39N3/c1-33-20-24-40(25-21-33)53-32-43-41-26-22-38(35-14-8-5-9-15-35)30-45(41)50(3,4)44(43)28-34(2)42-29-39(23-27-48(42)53)49-51-46(36-16-10-6-11-17-36)31-47(52-49)37-18-12-7-13-19-37/h5-32H,2H2,1,3-4H3. The largest absolute Gasteiger partial charge is 0.316 e. The Bertz CT molecular complexity index is 2520. The molecule has 2 aliphatic rings. The SMILES string of the molecule is C=C1C=C2C(=CN(c3ccc(C)cc3)c3ccc(-c4nc(-c5ccccc5)cc(-c5ccccc5)n4)cc31)c1ccc(-c3ccccc3)cc1C2(C)C. The van der Waals surface area contributed by atoms with Gasteiger partial charge in [-0.1, -0.05) is 147 Å². The minimum Gasteiger partial charge on any atom is -0.316 e. The van der Waals surface area contributed by atoms with Crippen LogP contribution in [0.5, 0.6) is 0 Å². The molecule has 9 rings (SSSR count). The molecular weight excluding hydrogens is 643 g/mol. The fourth-order valence-electron chi connectivity index (χ4n) is 7.73. The maximum atomic E-state index is 5.16. The van der Waals surface area contributed by atoms with Crippen LogP contribution in [0.4, 0.5) is 11.4 Å². The number of aromatic nitrogens is 2. The highest BCUT2D eigenvalue weighted by Crippen LogP contribution is 2.53. The summed E-state index contributed by atoms with van der Waals surface area (Å²) in [4.78, 5) is 12.6. The molecular formula is C50H39N3. The van der Waals surface area contributed by atoms with Crippen molar-refractivity contribution < 1.29 is 0 Å². The van der Waals surface area contributed by atoms with Gasteiger partial charge >= 0.3 is 0 Å². The van der Waals surface area contributed by atoms with Crippen molar-refractivity contribution in [2.45, 2.75) is 26.2 Å². The molecule has 1 aliphatic heterocycles. The van der Waals surface area contributed by atoms with E-state index in [4.69, 9.17) is 16.5 Å². The van der Waals surface area contributed by atoms with Crippen LogP contribution < -0.4 is 4.90 Å². The van der Waals surface area contributed by atoms with Crippen molar-refractivity contribution in [3.63, 3.8) is 0 Å². The second-order valence-electron chi connectivity index (χ2n) is 14.5. The van der Waals surface area contributed by atoms with Crippen molar-refractivity contribution in [2.24, 2.45) is 0 Å². The van der Waals surface area contributed by atoms with Crippen LogP contribution in [0.1, 0.15) is 36.1 Å². The summed E-state index contributed by atoms with van der Waals surface area (Å²) in [6.45, 7) is 11.6. The van der Waals surface area contributed by atoms with E-state index in [-0.39, 0.29) is 5.41 Å². The van der Waals surface area contributed by atoms with Gasteiger partial charge < -0.3 is 4.90 Å². The lowest BCUT2D eigenvalue weighted by Gasteiger charge is -2.29. The highest BCUT2D eigenvalue weighted by atomic mass is 15.1. The van der Waals surface area contributed by atoms with E-state index in [2.05, 4.69) is 184 Å². The number of aryl methyl sites for hydroxylation is 1. The van der Waals surface area contributed by atoms with Gasteiger partial charge in [-0.3, -0.25) is 0 Å². The lowest BCUT2D eigenvalue weighted by atomic mass is 9.80. The predicted octanol–water partition coefficient (Wildman–Crippen LogP) is 12.9. The van der Waals surface area contributed by atoms with Crippen LogP contribution in [0.25, 0.3) is 56.2 Å². The van der Waals surface area contributed by atoms with E-state index in [0.29, 0.717) is 5.82 Å². The number of benzene rings is 6. The lowest BCUT2D eigenvalue weighted by molar-refractivity contribution is 0.661. The average Bonchev–Trinajstić information content (AvgIpc) is 3.40. The first kappa shape index (κ1) is 32.3. The number of hydrogen-bond donors (Lipinski definition) is 0. The lowest BCUT2D eigenvalue weighted by Crippen LogP contribution is -2.18. The number of hydrogen-bond acceptors (Lipinski definition) is 3. The van der Waals surface area contributed by atoms with E-state index in [1.807, 2.05) is 12.1 Å². The normalized spacial score (nSPS) is 14.3. The molecule has 53 heavy (non-hydrogen) atoms. The van der Waals surface area contributed by atoms with Gasteiger partial charge in [-0.05, 0) is 82.8 Å². The molecule has 6 aromatic carbocycles. The van der Waals surface area contributed by atoms with Crippen LogP contribution in [0.2, 0.25) is 0 Å². The van der Waals surface area contributed by atoms with Crippen LogP contribution >= 0.6 is 0 Å². The third-order valence-corrected chi connectivity index (χ3v) is 10.7. The molecule has 0 saturated heterocycles. The van der Waals surface area contributed by atoms with Crippen LogP contribution in [0, 0.1) is 6.92 Å². The monoisotopic (exact) mass is 681 g/mol. The highest BCUT2D eigenvalue weighted by molar-refractivity contribution is 5.99. The molecule has 0 saturated carbocycles. The molecule has 3 nitrogen and oxygen atoms in total. The fraction of sp³-hybridized carbons (Fsp3) is 0.0800. The van der Waals surface area contributed by atoms with E-state index < -0.39 is 0 Å². The molecule has 0 atom stereocenters. The highest BCUT2D eigenvalue weighted by Gasteiger charge is 2.40. The van der Waals surface area contributed by atoms with Crippen LogP contribution in [0.3, 0.4) is 0 Å². The molecule has 3 heteroatoms. The van der Waals surface area contributed by atoms with E-state index in [1.54, 1.807) is 0 Å². The zero-order valence-electron chi connectivity index (χ0n) is 30.2. The first-order valence-electron chi connectivity index (χ1n) is 18.2. The Labute approximate surface area is 312 Å². The summed E-state index contributed by atoms with van der Waals surface area (Å²) in [5.74, 6) is 0.677. The Morgan fingerprint density at radius 2 is 1.13 bits per heavy atom. The molecule has 0 bridgehead atoms. The van der Waals surface area contributed by atoms with Crippen molar-refractivity contribution >= 4 is 22.5 Å². The molecule has 0 radical (unpaired) electrons. The molecule has 0 fully saturated rings. The second-order valence-corrected chi connectivity index (χ2v) is 14.5. The van der Waals surface area contributed by atoms with Crippen molar-refractivity contribution in [1.82, 2.24) is 9.97 Å². The van der Waals surface area contributed by atoms with Gasteiger partial charge in [0.1, 0.15) is 0 Å². The summed E-state index contributed by atoms with van der Waals surface area (Å²) < 4.78 is 0. The quantitative estimate of drug-likeness (QED) is 0.181. The minimum absolute atomic E-state index is 0.249. The van der Waals surface area contributed by atoms with Crippen molar-refractivity contribution in [1.29, 1.82) is 0 Å². The maximum Gasteiger partial charge on any atom is 0.160 e. The number of rotatable bonds is 5. The molecule has 0 amide bonds. The van der Waals surface area contributed by atoms with E-state index >= 15 is 0 Å². The third kappa shape index (κ3) is 5.81. The molecule has 0 spiro atoms. The summed E-state index contributed by atoms with van der Waals surface area (Å²) in [5, 5.41) is 0. The molecule has 1 aliphatic carbocycles. The number of fused-ring (bicyclic) bond motifs is 4. The Balaban J connectivity index is 1.23. The first-order valence-corrected chi connectivity index (χ1v) is 18.2. The third-order valence-electron chi connectivity index (χ3n) is 10.7. The minimum atomic E-state index is -0.249. The topological polar surface area (TPSA) is 29.0 Å². The van der Waals surface area contributed by atoms with Gasteiger partial charge in [-0.15, -0.1) is 0 Å². The summed E-state index contributed by atoms with van der Waals surface area (Å²) in [6, 6.07) is 55.7. The molecule has 0 N–H and O–H groups in total.